The summed E-state index contributed by atoms with van der Waals surface area (Å²) in [7, 11) is 0. The van der Waals surface area contributed by atoms with Crippen molar-refractivity contribution >= 4 is 976 Å². The van der Waals surface area contributed by atoms with E-state index in [9.17, 15) is 0 Å². The zero-order valence-corrected chi connectivity index (χ0v) is 0. The van der Waals surface area contributed by atoms with E-state index in [2.05, 4.69) is 0 Å². The maximum absolute atomic E-state index is 0. The minimum atomic E-state index is 0. The van der Waals surface area contributed by atoms with E-state index >= 15 is 0 Å². The SMILES string of the molecule is [KH].[KH].[KH].[KH].[KH].[KH].[KH].[KH].[KH].[KH].[KH].[KH].[KH].[KH].[KH].[KH].[KH].[KH].[KH]. The zero-order chi connectivity index (χ0) is 0. The first kappa shape index (κ1) is 125. The molecule has 0 bridgehead atoms. The van der Waals surface area contributed by atoms with Crippen molar-refractivity contribution in [2.75, 3.05) is 0 Å². The summed E-state index contributed by atoms with van der Waals surface area (Å²) < 4.78 is 0. The Bertz CT molecular complexity index is 0. The summed E-state index contributed by atoms with van der Waals surface area (Å²) in [4.78, 5) is 0. The Hall–Kier alpha value is 31.1. The monoisotopic (exact) mass is 759 g/mol. The van der Waals surface area contributed by atoms with Crippen LogP contribution >= 0.6 is 0 Å². The van der Waals surface area contributed by atoms with Crippen LogP contribution in [-0.2, 0) is 0 Å². The van der Waals surface area contributed by atoms with Crippen molar-refractivity contribution in [3.63, 3.8) is 0 Å². The molecular formula is H19K19. The van der Waals surface area contributed by atoms with E-state index in [4.69, 9.17) is 0 Å². The van der Waals surface area contributed by atoms with Gasteiger partial charge in [0.1, 0.15) is 0 Å². The average molecular weight is 762 g/mol. The van der Waals surface area contributed by atoms with Gasteiger partial charge in [-0.05, 0) is 0 Å². The third-order valence-corrected chi connectivity index (χ3v) is 0. The van der Waals surface area contributed by atoms with Gasteiger partial charge in [0.2, 0.25) is 0 Å². The summed E-state index contributed by atoms with van der Waals surface area (Å²) in [5.41, 5.74) is 0. The Kier molecular flexibility index (Phi) is 772. The first-order chi connectivity index (χ1) is 0. The molecule has 0 spiro atoms. The van der Waals surface area contributed by atoms with Gasteiger partial charge in [0.05, 0.1) is 0 Å². The molecular weight excluding hydrogens is 743 g/mol. The average Bonchev–Trinajstić information content (AvgIpc) is 0. The van der Waals surface area contributed by atoms with Crippen molar-refractivity contribution < 1.29 is 0 Å². The van der Waals surface area contributed by atoms with Gasteiger partial charge in [-0.3, -0.25) is 0 Å². The summed E-state index contributed by atoms with van der Waals surface area (Å²) in [6, 6.07) is 0. The Morgan fingerprint density at radius 1 is 0.0526 bits per heavy atom. The molecule has 0 aromatic carbocycles. The first-order valence-electron chi connectivity index (χ1n) is 0. The van der Waals surface area contributed by atoms with Crippen LogP contribution in [0.2, 0.25) is 0 Å². The first-order valence-corrected chi connectivity index (χ1v) is 0. The van der Waals surface area contributed by atoms with Gasteiger partial charge in [-0.2, -0.15) is 0 Å². The summed E-state index contributed by atoms with van der Waals surface area (Å²) in [6.07, 6.45) is 0. The molecule has 0 unspecified atom stereocenters. The molecule has 0 saturated heterocycles. The van der Waals surface area contributed by atoms with Crippen molar-refractivity contribution in [1.29, 1.82) is 0 Å². The fourth-order valence-corrected chi connectivity index (χ4v) is 0. The third-order valence-electron chi connectivity index (χ3n) is 0. The van der Waals surface area contributed by atoms with E-state index in [1.807, 2.05) is 0 Å². The molecule has 0 N–H and O–H groups in total. The quantitative estimate of drug-likeness (QED) is 0.216. The van der Waals surface area contributed by atoms with Gasteiger partial charge >= 0.3 is 976 Å². The van der Waals surface area contributed by atoms with Crippen molar-refractivity contribution in [2.24, 2.45) is 0 Å². The topological polar surface area (TPSA) is 0 Å². The van der Waals surface area contributed by atoms with Crippen molar-refractivity contribution in [2.45, 2.75) is 0 Å². The molecule has 0 atom stereocenters. The molecule has 0 aliphatic heterocycles. The normalized spacial score (nSPS) is 0. The predicted octanol–water partition coefficient (Wildman–Crippen LogP) is -12.3. The molecule has 0 aromatic rings. The molecule has 0 radical (unpaired) electrons. The molecule has 0 aliphatic rings. The van der Waals surface area contributed by atoms with Gasteiger partial charge in [0.25, 0.3) is 0 Å². The van der Waals surface area contributed by atoms with Crippen molar-refractivity contribution in [3.05, 3.63) is 0 Å². The van der Waals surface area contributed by atoms with E-state index in [1.165, 1.54) is 0 Å². The summed E-state index contributed by atoms with van der Waals surface area (Å²) >= 11 is 0. The third kappa shape index (κ3) is 113. The second-order valence-corrected chi connectivity index (χ2v) is 0. The number of hydrogen-bond acceptors (Lipinski definition) is 0. The second kappa shape index (κ2) is 117. The molecule has 0 fully saturated rings. The fraction of sp³-hybridized carbons (Fsp3) is 0. The molecule has 38 valence electrons. The van der Waals surface area contributed by atoms with Crippen LogP contribution < -0.4 is 0 Å². The molecule has 0 heterocycles. The van der Waals surface area contributed by atoms with Gasteiger partial charge < -0.3 is 0 Å². The van der Waals surface area contributed by atoms with E-state index < -0.39 is 0 Å². The predicted molar refractivity (Wildman–Crippen MR) is 136 cm³/mol. The van der Waals surface area contributed by atoms with Crippen LogP contribution in [0, 0.1) is 0 Å². The van der Waals surface area contributed by atoms with Gasteiger partial charge in [0, 0.05) is 0 Å². The fourth-order valence-electron chi connectivity index (χ4n) is 0. The van der Waals surface area contributed by atoms with Crippen molar-refractivity contribution in [3.8, 4) is 0 Å². The van der Waals surface area contributed by atoms with Gasteiger partial charge in [-0.1, -0.05) is 0 Å². The van der Waals surface area contributed by atoms with Gasteiger partial charge in [-0.15, -0.1) is 0 Å². The maximum atomic E-state index is 0. The molecule has 0 aliphatic carbocycles. The molecule has 19 heavy (non-hydrogen) atoms. The standard InChI is InChI=1S/19K.19H. The molecule has 0 nitrogen and oxygen atoms in total. The number of hydrogen-bond donors (Lipinski definition) is 0. The Morgan fingerprint density at radius 3 is 0.0526 bits per heavy atom. The van der Waals surface area contributed by atoms with Crippen LogP contribution in [-0.4, -0.2) is 976 Å². The van der Waals surface area contributed by atoms with Crippen LogP contribution in [0.3, 0.4) is 0 Å². The Labute approximate surface area is 931 Å². The van der Waals surface area contributed by atoms with E-state index in [0.717, 1.165) is 0 Å². The molecule has 19 heteroatoms. The van der Waals surface area contributed by atoms with Gasteiger partial charge in [-0.25, -0.2) is 0 Å². The van der Waals surface area contributed by atoms with Crippen LogP contribution in [0.1, 0.15) is 0 Å². The second-order valence-electron chi connectivity index (χ2n) is 0. The van der Waals surface area contributed by atoms with E-state index in [-0.39, 0.29) is 976 Å². The Balaban J connectivity index is 0. The number of rotatable bonds is 0. The van der Waals surface area contributed by atoms with Crippen LogP contribution in [0.25, 0.3) is 0 Å². The molecule has 0 aromatic heterocycles. The Morgan fingerprint density at radius 2 is 0.0526 bits per heavy atom. The van der Waals surface area contributed by atoms with Crippen molar-refractivity contribution in [1.82, 2.24) is 0 Å². The molecule has 0 amide bonds. The molecule has 0 rings (SSSR count). The minimum absolute atomic E-state index is 0. The van der Waals surface area contributed by atoms with E-state index in [1.54, 1.807) is 0 Å². The van der Waals surface area contributed by atoms with E-state index in [0.29, 0.717) is 0 Å². The summed E-state index contributed by atoms with van der Waals surface area (Å²) in [6.45, 7) is 0. The summed E-state index contributed by atoms with van der Waals surface area (Å²) in [5, 5.41) is 0. The van der Waals surface area contributed by atoms with Crippen LogP contribution in [0.4, 0.5) is 0 Å². The zero-order valence-electron chi connectivity index (χ0n) is 0. The van der Waals surface area contributed by atoms with Crippen LogP contribution in [0.15, 0.2) is 0 Å². The van der Waals surface area contributed by atoms with Crippen LogP contribution in [0.5, 0.6) is 0 Å². The molecule has 0 saturated carbocycles. The summed E-state index contributed by atoms with van der Waals surface area (Å²) in [5.74, 6) is 0. The van der Waals surface area contributed by atoms with Gasteiger partial charge in [0.15, 0.2) is 0 Å².